The van der Waals surface area contributed by atoms with Crippen molar-refractivity contribution in [3.05, 3.63) is 24.3 Å². The van der Waals surface area contributed by atoms with Crippen LogP contribution in [-0.2, 0) is 14.8 Å². The number of anilines is 2. The summed E-state index contributed by atoms with van der Waals surface area (Å²) >= 11 is 0. The van der Waals surface area contributed by atoms with Crippen molar-refractivity contribution in [2.75, 3.05) is 22.8 Å². The average Bonchev–Trinajstić information content (AvgIpc) is 2.76. The minimum Gasteiger partial charge on any atom is -0.323 e. The Bertz CT molecular complexity index is 601. The van der Waals surface area contributed by atoms with Crippen molar-refractivity contribution in [3.63, 3.8) is 0 Å². The van der Waals surface area contributed by atoms with E-state index in [1.54, 1.807) is 24.3 Å². The third kappa shape index (κ3) is 3.71. The van der Waals surface area contributed by atoms with Gasteiger partial charge in [0.05, 0.1) is 23.7 Å². The number of carbonyl (C=O) groups is 1. The fourth-order valence-corrected chi connectivity index (χ4v) is 2.85. The first-order valence-corrected chi connectivity index (χ1v) is 8.37. The van der Waals surface area contributed by atoms with Crippen LogP contribution in [0.3, 0.4) is 0 Å². The molecule has 2 atom stereocenters. The number of hydrogen-bond donors (Lipinski definition) is 3. The third-order valence-electron chi connectivity index (χ3n) is 3.30. The molecule has 3 N–H and O–H groups in total. The van der Waals surface area contributed by atoms with E-state index in [2.05, 4.69) is 15.4 Å². The fourth-order valence-electron chi connectivity index (χ4n) is 2.28. The Labute approximate surface area is 119 Å². The third-order valence-corrected chi connectivity index (χ3v) is 3.89. The van der Waals surface area contributed by atoms with E-state index >= 15 is 0 Å². The molecule has 1 aliphatic rings. The normalized spacial score (nSPS) is 22.5. The minimum absolute atomic E-state index is 0.141. The number of hydrogen-bond acceptors (Lipinski definition) is 4. The molecule has 20 heavy (non-hydrogen) atoms. The largest absolute Gasteiger partial charge is 0.323 e. The summed E-state index contributed by atoms with van der Waals surface area (Å²) in [4.78, 5) is 12.2. The van der Waals surface area contributed by atoms with Crippen LogP contribution in [0.25, 0.3) is 0 Å². The van der Waals surface area contributed by atoms with E-state index in [0.29, 0.717) is 11.4 Å². The van der Waals surface area contributed by atoms with Crippen LogP contribution < -0.4 is 15.4 Å². The smallest absolute Gasteiger partial charge is 0.241 e. The molecule has 1 aromatic rings. The molecule has 0 radical (unpaired) electrons. The van der Waals surface area contributed by atoms with E-state index in [1.165, 1.54) is 0 Å². The SMILES string of the molecule is CC1CCNC1C(=O)Nc1ccccc1NS(C)(=O)=O. The summed E-state index contributed by atoms with van der Waals surface area (Å²) in [6.07, 6.45) is 2.04. The summed E-state index contributed by atoms with van der Waals surface area (Å²) in [5.74, 6) is 0.128. The number of rotatable bonds is 4. The van der Waals surface area contributed by atoms with Gasteiger partial charge < -0.3 is 10.6 Å². The van der Waals surface area contributed by atoms with Crippen LogP contribution in [0.5, 0.6) is 0 Å². The molecule has 1 fully saturated rings. The quantitative estimate of drug-likeness (QED) is 0.773. The molecule has 1 aliphatic heterocycles. The lowest BCUT2D eigenvalue weighted by atomic mass is 10.0. The van der Waals surface area contributed by atoms with Crippen LogP contribution in [0, 0.1) is 5.92 Å². The summed E-state index contributed by atoms with van der Waals surface area (Å²) < 4.78 is 25.0. The Balaban J connectivity index is 2.15. The summed E-state index contributed by atoms with van der Waals surface area (Å²) in [5, 5.41) is 5.92. The van der Waals surface area contributed by atoms with Crippen LogP contribution in [0.4, 0.5) is 11.4 Å². The molecule has 7 heteroatoms. The first-order chi connectivity index (χ1) is 9.37. The topological polar surface area (TPSA) is 87.3 Å². The van der Waals surface area contributed by atoms with Crippen molar-refractivity contribution >= 4 is 27.3 Å². The first-order valence-electron chi connectivity index (χ1n) is 6.48. The van der Waals surface area contributed by atoms with Crippen molar-refractivity contribution in [3.8, 4) is 0 Å². The van der Waals surface area contributed by atoms with Gasteiger partial charge in [0.1, 0.15) is 0 Å². The Morgan fingerprint density at radius 2 is 1.95 bits per heavy atom. The highest BCUT2D eigenvalue weighted by molar-refractivity contribution is 7.92. The molecule has 110 valence electrons. The van der Waals surface area contributed by atoms with Crippen molar-refractivity contribution in [1.82, 2.24) is 5.32 Å². The van der Waals surface area contributed by atoms with E-state index in [1.807, 2.05) is 6.92 Å². The van der Waals surface area contributed by atoms with E-state index < -0.39 is 10.0 Å². The van der Waals surface area contributed by atoms with Gasteiger partial charge in [0, 0.05) is 0 Å². The molecule has 1 saturated heterocycles. The molecule has 0 aromatic heterocycles. The molecule has 1 heterocycles. The van der Waals surface area contributed by atoms with Crippen LogP contribution in [0.1, 0.15) is 13.3 Å². The second-order valence-corrected chi connectivity index (χ2v) is 6.86. The van der Waals surface area contributed by atoms with Crippen molar-refractivity contribution < 1.29 is 13.2 Å². The van der Waals surface area contributed by atoms with Crippen molar-refractivity contribution in [1.29, 1.82) is 0 Å². The number of carbonyl (C=O) groups excluding carboxylic acids is 1. The fraction of sp³-hybridized carbons (Fsp3) is 0.462. The molecule has 1 amide bonds. The summed E-state index contributed by atoms with van der Waals surface area (Å²) in [6, 6.07) is 6.50. The standard InChI is InChI=1S/C13H19N3O3S/c1-9-7-8-14-12(9)13(17)15-10-5-3-4-6-11(10)16-20(2,18)19/h3-6,9,12,14,16H,7-8H2,1-2H3,(H,15,17). The molecule has 0 aliphatic carbocycles. The average molecular weight is 297 g/mol. The van der Waals surface area contributed by atoms with Crippen molar-refractivity contribution in [2.24, 2.45) is 5.92 Å². The van der Waals surface area contributed by atoms with Gasteiger partial charge in [-0.1, -0.05) is 19.1 Å². The Morgan fingerprint density at radius 3 is 2.50 bits per heavy atom. The van der Waals surface area contributed by atoms with Crippen LogP contribution in [-0.4, -0.2) is 33.2 Å². The van der Waals surface area contributed by atoms with Gasteiger partial charge in [0.15, 0.2) is 0 Å². The Kier molecular flexibility index (Phi) is 4.29. The summed E-state index contributed by atoms with van der Waals surface area (Å²) in [5.41, 5.74) is 0.831. The zero-order valence-corrected chi connectivity index (χ0v) is 12.3. The second kappa shape index (κ2) is 5.80. The van der Waals surface area contributed by atoms with Gasteiger partial charge in [-0.15, -0.1) is 0 Å². The van der Waals surface area contributed by atoms with E-state index in [-0.39, 0.29) is 17.9 Å². The molecule has 6 nitrogen and oxygen atoms in total. The summed E-state index contributed by atoms with van der Waals surface area (Å²) in [6.45, 7) is 2.84. The molecule has 1 aromatic carbocycles. The second-order valence-electron chi connectivity index (χ2n) is 5.11. The monoisotopic (exact) mass is 297 g/mol. The first kappa shape index (κ1) is 14.8. The predicted molar refractivity (Wildman–Crippen MR) is 79.1 cm³/mol. The number of nitrogens with one attached hydrogen (secondary N) is 3. The van der Waals surface area contributed by atoms with Crippen LogP contribution in [0.2, 0.25) is 0 Å². The van der Waals surface area contributed by atoms with Crippen molar-refractivity contribution in [2.45, 2.75) is 19.4 Å². The van der Waals surface area contributed by atoms with Gasteiger partial charge in [-0.2, -0.15) is 0 Å². The van der Waals surface area contributed by atoms with Gasteiger partial charge in [0.2, 0.25) is 15.9 Å². The van der Waals surface area contributed by atoms with Crippen LogP contribution >= 0.6 is 0 Å². The molecule has 0 bridgehead atoms. The lowest BCUT2D eigenvalue weighted by Crippen LogP contribution is -2.39. The predicted octanol–water partition coefficient (Wildman–Crippen LogP) is 0.995. The molecular weight excluding hydrogens is 278 g/mol. The maximum atomic E-state index is 12.2. The maximum absolute atomic E-state index is 12.2. The molecule has 0 saturated carbocycles. The molecular formula is C13H19N3O3S. The van der Waals surface area contributed by atoms with Gasteiger partial charge in [-0.25, -0.2) is 8.42 Å². The highest BCUT2D eigenvalue weighted by Gasteiger charge is 2.29. The zero-order chi connectivity index (χ0) is 14.8. The number of amides is 1. The maximum Gasteiger partial charge on any atom is 0.241 e. The minimum atomic E-state index is -3.38. The van der Waals surface area contributed by atoms with Gasteiger partial charge >= 0.3 is 0 Å². The lowest BCUT2D eigenvalue weighted by Gasteiger charge is -2.17. The summed E-state index contributed by atoms with van der Waals surface area (Å²) in [7, 11) is -3.38. The Morgan fingerprint density at radius 1 is 1.30 bits per heavy atom. The highest BCUT2D eigenvalue weighted by atomic mass is 32.2. The van der Waals surface area contributed by atoms with E-state index in [0.717, 1.165) is 19.2 Å². The molecule has 2 rings (SSSR count). The van der Waals surface area contributed by atoms with Crippen LogP contribution in [0.15, 0.2) is 24.3 Å². The highest BCUT2D eigenvalue weighted by Crippen LogP contribution is 2.23. The number of para-hydroxylation sites is 2. The van der Waals surface area contributed by atoms with E-state index in [9.17, 15) is 13.2 Å². The number of sulfonamides is 1. The van der Waals surface area contributed by atoms with E-state index in [4.69, 9.17) is 0 Å². The van der Waals surface area contributed by atoms with Gasteiger partial charge in [-0.3, -0.25) is 9.52 Å². The molecule has 2 unspecified atom stereocenters. The lowest BCUT2D eigenvalue weighted by molar-refractivity contribution is -0.118. The van der Waals surface area contributed by atoms with Gasteiger partial charge in [-0.05, 0) is 31.0 Å². The van der Waals surface area contributed by atoms with Gasteiger partial charge in [0.25, 0.3) is 0 Å². The Hall–Kier alpha value is -1.60. The zero-order valence-electron chi connectivity index (χ0n) is 11.5. The molecule has 0 spiro atoms. The number of benzene rings is 1.